The number of aliphatic hydroxyl groups excluding tert-OH is 1. The fraction of sp³-hybridized carbons (Fsp3) is 0.273. The SMILES string of the molecule is CC(CO)(COS(C)(=O)=O)NCc1c2ccsc2cc2c1ccc1ccccc12. The number of rotatable bonds is 7. The Hall–Kier alpha value is -2.03. The van der Waals surface area contributed by atoms with Gasteiger partial charge in [0.1, 0.15) is 0 Å². The number of thiophene rings is 1. The average molecular weight is 430 g/mol. The van der Waals surface area contributed by atoms with Crippen LogP contribution in [0.4, 0.5) is 0 Å². The summed E-state index contributed by atoms with van der Waals surface area (Å²) in [4.78, 5) is 0. The molecule has 0 aliphatic heterocycles. The molecule has 0 saturated carbocycles. The zero-order chi connectivity index (χ0) is 20.6. The fourth-order valence-corrected chi connectivity index (χ4v) is 4.88. The van der Waals surface area contributed by atoms with Gasteiger partial charge in [-0.05, 0) is 56.9 Å². The molecule has 4 rings (SSSR count). The lowest BCUT2D eigenvalue weighted by molar-refractivity contribution is 0.118. The van der Waals surface area contributed by atoms with Crippen LogP contribution in [0.3, 0.4) is 0 Å². The maximum absolute atomic E-state index is 11.4. The Morgan fingerprint density at radius 1 is 1.07 bits per heavy atom. The number of hydrogen-bond acceptors (Lipinski definition) is 6. The fourth-order valence-electron chi connectivity index (χ4n) is 3.55. The molecule has 5 nitrogen and oxygen atoms in total. The molecule has 0 bridgehead atoms. The number of benzene rings is 3. The van der Waals surface area contributed by atoms with Gasteiger partial charge in [0.05, 0.1) is 25.0 Å². The second-order valence-electron chi connectivity index (χ2n) is 7.61. The Kier molecular flexibility index (Phi) is 5.35. The van der Waals surface area contributed by atoms with E-state index in [0.29, 0.717) is 6.54 Å². The van der Waals surface area contributed by atoms with Crippen LogP contribution in [0.15, 0.2) is 53.9 Å². The van der Waals surface area contributed by atoms with E-state index in [1.165, 1.54) is 20.9 Å². The number of nitrogens with one attached hydrogen (secondary N) is 1. The third kappa shape index (κ3) is 4.15. The van der Waals surface area contributed by atoms with Crippen molar-refractivity contribution < 1.29 is 17.7 Å². The summed E-state index contributed by atoms with van der Waals surface area (Å²) in [6, 6.07) is 16.9. The third-order valence-corrected chi connectivity index (χ3v) is 6.63. The lowest BCUT2D eigenvalue weighted by Crippen LogP contribution is -2.49. The summed E-state index contributed by atoms with van der Waals surface area (Å²) in [6.45, 7) is 1.85. The predicted octanol–water partition coefficient (Wildman–Crippen LogP) is 4.02. The van der Waals surface area contributed by atoms with Crippen LogP contribution >= 0.6 is 11.3 Å². The summed E-state index contributed by atoms with van der Waals surface area (Å²) in [5.41, 5.74) is 0.244. The molecular formula is C22H23NO4S2. The van der Waals surface area contributed by atoms with Gasteiger partial charge in [-0.25, -0.2) is 0 Å². The van der Waals surface area contributed by atoms with Crippen LogP contribution in [-0.4, -0.2) is 38.5 Å². The van der Waals surface area contributed by atoms with Gasteiger partial charge >= 0.3 is 0 Å². The monoisotopic (exact) mass is 429 g/mol. The zero-order valence-corrected chi connectivity index (χ0v) is 17.9. The molecule has 0 fully saturated rings. The predicted molar refractivity (Wildman–Crippen MR) is 120 cm³/mol. The summed E-state index contributed by atoms with van der Waals surface area (Å²) in [5, 5.41) is 21.1. The van der Waals surface area contributed by atoms with Crippen molar-refractivity contribution in [1.29, 1.82) is 0 Å². The molecule has 2 N–H and O–H groups in total. The molecule has 1 unspecified atom stereocenters. The van der Waals surface area contributed by atoms with E-state index in [4.69, 9.17) is 4.18 Å². The molecule has 3 aromatic carbocycles. The van der Waals surface area contributed by atoms with Crippen molar-refractivity contribution in [2.75, 3.05) is 19.5 Å². The van der Waals surface area contributed by atoms with Crippen LogP contribution in [0.2, 0.25) is 0 Å². The minimum absolute atomic E-state index is 0.136. The quantitative estimate of drug-likeness (QED) is 0.343. The van der Waals surface area contributed by atoms with Gasteiger partial charge in [0.15, 0.2) is 0 Å². The van der Waals surface area contributed by atoms with E-state index in [1.807, 2.05) is 12.1 Å². The highest BCUT2D eigenvalue weighted by molar-refractivity contribution is 7.85. The molecule has 0 radical (unpaired) electrons. The lowest BCUT2D eigenvalue weighted by Gasteiger charge is -2.28. The van der Waals surface area contributed by atoms with Crippen LogP contribution < -0.4 is 5.32 Å². The third-order valence-electron chi connectivity index (χ3n) is 5.22. The second-order valence-corrected chi connectivity index (χ2v) is 10.2. The largest absolute Gasteiger partial charge is 0.394 e. The van der Waals surface area contributed by atoms with Crippen LogP contribution in [0, 0.1) is 0 Å². The molecule has 0 saturated heterocycles. The highest BCUT2D eigenvalue weighted by Gasteiger charge is 2.26. The van der Waals surface area contributed by atoms with E-state index in [2.05, 4.69) is 47.1 Å². The van der Waals surface area contributed by atoms with Gasteiger partial charge in [-0.3, -0.25) is 4.18 Å². The summed E-state index contributed by atoms with van der Waals surface area (Å²) in [6.07, 6.45) is 1.01. The van der Waals surface area contributed by atoms with Gasteiger partial charge in [-0.1, -0.05) is 36.4 Å². The van der Waals surface area contributed by atoms with Crippen molar-refractivity contribution in [3.8, 4) is 0 Å². The van der Waals surface area contributed by atoms with Gasteiger partial charge in [0.25, 0.3) is 10.1 Å². The van der Waals surface area contributed by atoms with Gasteiger partial charge in [0.2, 0.25) is 0 Å². The molecule has 4 aromatic rings. The first-order chi connectivity index (χ1) is 13.8. The van der Waals surface area contributed by atoms with Crippen molar-refractivity contribution in [1.82, 2.24) is 5.32 Å². The highest BCUT2D eigenvalue weighted by atomic mass is 32.2. The molecule has 1 aromatic heterocycles. The summed E-state index contributed by atoms with van der Waals surface area (Å²) >= 11 is 1.70. The lowest BCUT2D eigenvalue weighted by atomic mass is 9.95. The summed E-state index contributed by atoms with van der Waals surface area (Å²) in [7, 11) is -3.58. The Morgan fingerprint density at radius 2 is 1.86 bits per heavy atom. The zero-order valence-electron chi connectivity index (χ0n) is 16.3. The number of hydrogen-bond donors (Lipinski definition) is 2. The molecule has 1 atom stereocenters. The number of aliphatic hydroxyl groups is 1. The van der Waals surface area contributed by atoms with Crippen LogP contribution in [0.1, 0.15) is 12.5 Å². The van der Waals surface area contributed by atoms with E-state index >= 15 is 0 Å². The maximum Gasteiger partial charge on any atom is 0.264 e. The Balaban J connectivity index is 1.77. The Morgan fingerprint density at radius 3 is 2.62 bits per heavy atom. The molecule has 0 aliphatic carbocycles. The van der Waals surface area contributed by atoms with E-state index in [0.717, 1.165) is 22.6 Å². The summed E-state index contributed by atoms with van der Waals surface area (Å²) in [5.74, 6) is 0. The van der Waals surface area contributed by atoms with Gasteiger partial charge < -0.3 is 10.4 Å². The average Bonchev–Trinajstić information content (AvgIpc) is 3.17. The van der Waals surface area contributed by atoms with Crippen molar-refractivity contribution in [2.45, 2.75) is 19.0 Å². The van der Waals surface area contributed by atoms with Crippen molar-refractivity contribution in [3.05, 3.63) is 59.5 Å². The minimum Gasteiger partial charge on any atom is -0.394 e. The smallest absolute Gasteiger partial charge is 0.264 e. The Labute approximate surface area is 174 Å². The van der Waals surface area contributed by atoms with E-state index in [9.17, 15) is 13.5 Å². The van der Waals surface area contributed by atoms with Crippen LogP contribution in [0.5, 0.6) is 0 Å². The second kappa shape index (κ2) is 7.66. The van der Waals surface area contributed by atoms with Crippen molar-refractivity contribution >= 4 is 53.1 Å². The molecule has 7 heteroatoms. The van der Waals surface area contributed by atoms with E-state index < -0.39 is 15.7 Å². The van der Waals surface area contributed by atoms with Crippen LogP contribution in [-0.2, 0) is 20.8 Å². The molecule has 0 spiro atoms. The van der Waals surface area contributed by atoms with Gasteiger partial charge in [-0.2, -0.15) is 8.42 Å². The molecule has 0 aliphatic rings. The topological polar surface area (TPSA) is 75.6 Å². The van der Waals surface area contributed by atoms with Crippen molar-refractivity contribution in [3.63, 3.8) is 0 Å². The molecule has 152 valence electrons. The van der Waals surface area contributed by atoms with E-state index in [1.54, 1.807) is 18.3 Å². The molecule has 1 heterocycles. The van der Waals surface area contributed by atoms with E-state index in [-0.39, 0.29) is 13.2 Å². The molecular weight excluding hydrogens is 406 g/mol. The van der Waals surface area contributed by atoms with Gasteiger partial charge in [0, 0.05) is 11.2 Å². The molecule has 0 amide bonds. The summed E-state index contributed by atoms with van der Waals surface area (Å²) < 4.78 is 28.9. The maximum atomic E-state index is 11.4. The first kappa shape index (κ1) is 20.3. The first-order valence-corrected chi connectivity index (χ1v) is 12.0. The molecule has 29 heavy (non-hydrogen) atoms. The van der Waals surface area contributed by atoms with Crippen LogP contribution in [0.25, 0.3) is 31.6 Å². The van der Waals surface area contributed by atoms with Crippen molar-refractivity contribution in [2.24, 2.45) is 0 Å². The Bertz CT molecular complexity index is 1300. The minimum atomic E-state index is -3.58. The van der Waals surface area contributed by atoms with Gasteiger partial charge in [-0.15, -0.1) is 11.3 Å². The normalized spacial score (nSPS) is 14.6. The standard InChI is InChI=1S/C22H23NO4S2/c1-22(13-24,14-27-29(2,25)26)23-12-20-17-8-7-15-5-3-4-6-16(15)19(17)11-21-18(20)9-10-28-21/h3-11,23-24H,12-14H2,1-2H3. The number of fused-ring (bicyclic) bond motifs is 4. The highest BCUT2D eigenvalue weighted by Crippen LogP contribution is 2.35. The first-order valence-electron chi connectivity index (χ1n) is 9.30.